The number of halogens is 9. The standard InChI is InChI=1S/C28H24Cl2F2N6O2.C17H6Cl3F2N3.C11H19N3O2/c1-28(2,3)40-27(39)38-11-10-37(14-16(38)12-33-4)25-18-13-34-23(22(32)24(18)35-26(30)36-25)17-7-5-6-15-8-9-19(31)21(29)20(15)17;18-12-10(21)5-4-7-2-1-3-8(11(7)12)14-13(22)15-9(6-23-14)16(19)25-17(20)24-15;1-11(2,3)16-10(15)14-6-5-13-8-9(14)7-12-4/h5-9,13,16H,10-12,14H2,1-3H3;1-6H;9,13H,5-8H2,1-3H3/t16-;;9-/m0.0/s1. The molecule has 81 heavy (non-hydrogen) atoms. The van der Waals surface area contributed by atoms with Crippen molar-refractivity contribution in [1.29, 1.82) is 0 Å². The zero-order valence-corrected chi connectivity index (χ0v) is 48.0. The van der Waals surface area contributed by atoms with E-state index in [1.807, 2.05) is 25.7 Å². The van der Waals surface area contributed by atoms with Crippen LogP contribution in [-0.2, 0) is 9.47 Å². The normalized spacial score (nSPS) is 15.6. The Labute approximate surface area is 487 Å². The number of piperazine rings is 2. The number of fused-ring (bicyclic) bond motifs is 4. The van der Waals surface area contributed by atoms with Crippen LogP contribution in [0.2, 0.25) is 25.8 Å². The maximum absolute atomic E-state index is 16.1. The number of ether oxygens (including phenoxy) is 2. The summed E-state index contributed by atoms with van der Waals surface area (Å²) < 4.78 is 70.2. The molecule has 0 radical (unpaired) electrons. The summed E-state index contributed by atoms with van der Waals surface area (Å²) in [5, 5.41) is 5.06. The Hall–Kier alpha value is -7.17. The van der Waals surface area contributed by atoms with Crippen molar-refractivity contribution in [2.75, 3.05) is 57.3 Å². The fraction of sp³-hybridized carbons (Fsp3) is 0.321. The van der Waals surface area contributed by atoms with Crippen LogP contribution in [0, 0.1) is 36.4 Å². The van der Waals surface area contributed by atoms with E-state index in [-0.39, 0.29) is 85.3 Å². The lowest BCUT2D eigenvalue weighted by Gasteiger charge is -2.40. The molecule has 6 heterocycles. The van der Waals surface area contributed by atoms with Gasteiger partial charge in [0.05, 0.1) is 20.8 Å². The highest BCUT2D eigenvalue weighted by Crippen LogP contribution is 2.40. The number of hydrogen-bond donors (Lipinski definition) is 1. The monoisotopic (exact) mass is 1200 g/mol. The fourth-order valence-electron chi connectivity index (χ4n) is 9.10. The van der Waals surface area contributed by atoms with Gasteiger partial charge in [-0.1, -0.05) is 83.3 Å². The highest BCUT2D eigenvalue weighted by molar-refractivity contribution is 6.38. The number of benzene rings is 4. The summed E-state index contributed by atoms with van der Waals surface area (Å²) in [5.74, 6) is -2.41. The minimum absolute atomic E-state index is 0.00468. The van der Waals surface area contributed by atoms with Crippen molar-refractivity contribution in [3.63, 3.8) is 0 Å². The van der Waals surface area contributed by atoms with Gasteiger partial charge in [0.25, 0.3) is 0 Å². The molecule has 2 aliphatic rings. The number of amides is 2. The Morgan fingerprint density at radius 2 is 1.12 bits per heavy atom. The number of rotatable bonds is 5. The third-order valence-corrected chi connectivity index (χ3v) is 14.0. The first-order valence-electron chi connectivity index (χ1n) is 24.9. The van der Waals surface area contributed by atoms with Gasteiger partial charge >= 0.3 is 12.2 Å². The minimum atomic E-state index is -0.763. The van der Waals surface area contributed by atoms with E-state index in [2.05, 4.69) is 44.9 Å². The first kappa shape index (κ1) is 59.9. The third-order valence-electron chi connectivity index (χ3n) is 12.6. The molecule has 0 spiro atoms. The van der Waals surface area contributed by atoms with Crippen LogP contribution in [0.5, 0.6) is 0 Å². The van der Waals surface area contributed by atoms with Crippen LogP contribution >= 0.6 is 58.0 Å². The molecule has 0 saturated carbocycles. The van der Waals surface area contributed by atoms with E-state index >= 15 is 8.78 Å². The fourth-order valence-corrected chi connectivity index (χ4v) is 10.2. The Kier molecular flexibility index (Phi) is 18.4. The van der Waals surface area contributed by atoms with Crippen LogP contribution in [0.4, 0.5) is 33.0 Å². The second-order valence-corrected chi connectivity index (χ2v) is 22.3. The lowest BCUT2D eigenvalue weighted by molar-refractivity contribution is 0.0133. The molecule has 0 bridgehead atoms. The number of hydrogen-bond acceptors (Lipinski definition) is 12. The Bertz CT molecular complexity index is 3840. The molecule has 420 valence electrons. The van der Waals surface area contributed by atoms with E-state index in [4.69, 9.17) is 80.6 Å². The number of aromatic nitrogens is 6. The molecule has 10 rings (SSSR count). The molecule has 16 nitrogen and oxygen atoms in total. The Morgan fingerprint density at radius 3 is 1.64 bits per heavy atom. The summed E-state index contributed by atoms with van der Waals surface area (Å²) in [6, 6.07) is 15.2. The van der Waals surface area contributed by atoms with Crippen molar-refractivity contribution in [2.24, 2.45) is 0 Å². The van der Waals surface area contributed by atoms with E-state index < -0.39 is 46.6 Å². The van der Waals surface area contributed by atoms with Gasteiger partial charge in [0.15, 0.2) is 11.6 Å². The van der Waals surface area contributed by atoms with Crippen molar-refractivity contribution in [1.82, 2.24) is 45.0 Å². The summed E-state index contributed by atoms with van der Waals surface area (Å²) in [6.07, 6.45) is 1.96. The first-order chi connectivity index (χ1) is 38.4. The first-order valence-corrected chi connectivity index (χ1v) is 26.8. The van der Waals surface area contributed by atoms with E-state index in [1.54, 1.807) is 74.2 Å². The predicted molar refractivity (Wildman–Crippen MR) is 307 cm³/mol. The highest BCUT2D eigenvalue weighted by atomic mass is 35.5. The van der Waals surface area contributed by atoms with Crippen LogP contribution in [0.25, 0.3) is 75.6 Å². The highest BCUT2D eigenvalue weighted by Gasteiger charge is 2.37. The molecule has 1 N–H and O–H groups in total. The van der Waals surface area contributed by atoms with Gasteiger partial charge in [0, 0.05) is 73.6 Å². The SMILES string of the molecule is Fc1ccc2cccc(-c3ncc4c(Cl)nc(Cl)nc4c3F)c2c1Cl.[C-]#[N+]C[C@H]1CN(c2nc(Cl)nc3c(F)c(-c4cccc5ccc(F)c(Cl)c45)ncc23)CCN1C(=O)OC(C)(C)C.[C-]#[N+]C[C@H]1CNCCN1C(=O)OC(C)(C)C. The van der Waals surface area contributed by atoms with Crippen molar-refractivity contribution in [3.8, 4) is 22.5 Å². The molecule has 25 heteroatoms. The van der Waals surface area contributed by atoms with Crippen molar-refractivity contribution < 1.29 is 36.6 Å². The molecule has 2 aliphatic heterocycles. The molecular weight excluding hydrogens is 1160 g/mol. The molecule has 8 aromatic rings. The predicted octanol–water partition coefficient (Wildman–Crippen LogP) is 14.0. The van der Waals surface area contributed by atoms with Crippen molar-refractivity contribution in [2.45, 2.75) is 64.8 Å². The van der Waals surface area contributed by atoms with Crippen molar-refractivity contribution >= 4 is 119 Å². The van der Waals surface area contributed by atoms with Crippen molar-refractivity contribution in [3.05, 3.63) is 145 Å². The smallest absolute Gasteiger partial charge is 0.410 e. The molecule has 4 aromatic heterocycles. The zero-order valence-electron chi connectivity index (χ0n) is 44.2. The molecule has 2 atom stereocenters. The second-order valence-electron chi connectivity index (χ2n) is 20.5. The Morgan fingerprint density at radius 1 is 0.642 bits per heavy atom. The van der Waals surface area contributed by atoms with Gasteiger partial charge in [-0.25, -0.2) is 55.2 Å². The summed E-state index contributed by atoms with van der Waals surface area (Å²) in [7, 11) is 0. The van der Waals surface area contributed by atoms with E-state index in [9.17, 15) is 18.4 Å². The van der Waals surface area contributed by atoms with Gasteiger partial charge in [0.2, 0.25) is 23.7 Å². The van der Waals surface area contributed by atoms with Crippen LogP contribution < -0.4 is 10.2 Å². The summed E-state index contributed by atoms with van der Waals surface area (Å²) in [5.41, 5.74) is -0.754. The van der Waals surface area contributed by atoms with E-state index in [1.165, 1.54) is 29.4 Å². The van der Waals surface area contributed by atoms with Crippen LogP contribution in [0.3, 0.4) is 0 Å². The van der Waals surface area contributed by atoms with Gasteiger partial charge in [-0.3, -0.25) is 19.8 Å². The summed E-state index contributed by atoms with van der Waals surface area (Å²) in [4.78, 5) is 61.2. The average Bonchev–Trinajstić information content (AvgIpc) is 3.49. The number of carbonyl (C=O) groups excluding carboxylic acids is 2. The molecule has 0 aliphatic carbocycles. The topological polar surface area (TPSA) is 160 Å². The quantitative estimate of drug-likeness (QED) is 0.0753. The number of pyridine rings is 2. The largest absolute Gasteiger partial charge is 0.444 e. The van der Waals surface area contributed by atoms with Gasteiger partial charge in [0.1, 0.15) is 68.3 Å². The van der Waals surface area contributed by atoms with Crippen LogP contribution in [0.15, 0.2) is 73.1 Å². The maximum atomic E-state index is 16.1. The lowest BCUT2D eigenvalue weighted by Crippen LogP contribution is -2.57. The molecular formula is C56H49Cl5F4N12O4. The number of anilines is 1. The van der Waals surface area contributed by atoms with E-state index in [0.717, 1.165) is 6.54 Å². The second kappa shape index (κ2) is 24.9. The number of nitrogens with zero attached hydrogens (tertiary/aromatic N) is 11. The van der Waals surface area contributed by atoms with Gasteiger partial charge in [-0.2, -0.15) is 4.98 Å². The summed E-state index contributed by atoms with van der Waals surface area (Å²) in [6.45, 7) is 28.4. The number of carbonyl (C=O) groups is 2. The molecule has 0 unspecified atom stereocenters. The molecule has 2 saturated heterocycles. The van der Waals surface area contributed by atoms with Gasteiger partial charge in [-0.15, -0.1) is 0 Å². The van der Waals surface area contributed by atoms with Crippen LogP contribution in [0.1, 0.15) is 41.5 Å². The maximum Gasteiger partial charge on any atom is 0.410 e. The zero-order chi connectivity index (χ0) is 58.7. The van der Waals surface area contributed by atoms with Gasteiger partial charge < -0.3 is 29.4 Å². The van der Waals surface area contributed by atoms with Crippen LogP contribution in [-0.4, -0.2) is 128 Å². The van der Waals surface area contributed by atoms with E-state index in [0.29, 0.717) is 70.1 Å². The average molecular weight is 1210 g/mol. The number of nitrogens with one attached hydrogen (secondary N) is 1. The molecule has 2 fully saturated rings. The third kappa shape index (κ3) is 13.4. The lowest BCUT2D eigenvalue weighted by atomic mass is 10.0. The summed E-state index contributed by atoms with van der Waals surface area (Å²) >= 11 is 30.4. The molecule has 2 amide bonds. The van der Waals surface area contributed by atoms with Gasteiger partial charge in [-0.05, 0) is 87.6 Å². The minimum Gasteiger partial charge on any atom is -0.444 e. The Balaban J connectivity index is 0.000000178. The molecule has 4 aromatic carbocycles.